The third kappa shape index (κ3) is 2.73. The maximum atomic E-state index is 11.9. The zero-order chi connectivity index (χ0) is 15.7. The molecule has 22 heavy (non-hydrogen) atoms. The maximum absolute atomic E-state index is 11.9. The summed E-state index contributed by atoms with van der Waals surface area (Å²) in [4.78, 5) is 49.9. The number of oxazole rings is 1. The van der Waals surface area contributed by atoms with Crippen molar-refractivity contribution < 1.29 is 9.21 Å². The molecule has 0 bridgehead atoms. The minimum atomic E-state index is -0.669. The van der Waals surface area contributed by atoms with Gasteiger partial charge in [-0.05, 0) is 18.2 Å². The van der Waals surface area contributed by atoms with Gasteiger partial charge in [-0.25, -0.2) is 9.59 Å². The molecule has 1 aromatic carbocycles. The van der Waals surface area contributed by atoms with E-state index in [9.17, 15) is 19.2 Å². The molecule has 0 atom stereocenters. The van der Waals surface area contributed by atoms with Crippen molar-refractivity contribution in [1.29, 1.82) is 0 Å². The highest BCUT2D eigenvalue weighted by atomic mass is 16.4. The van der Waals surface area contributed by atoms with E-state index in [0.29, 0.717) is 16.8 Å². The second-order valence-corrected chi connectivity index (χ2v) is 4.51. The van der Waals surface area contributed by atoms with Gasteiger partial charge in [0.15, 0.2) is 5.58 Å². The smallest absolute Gasteiger partial charge is 0.408 e. The molecule has 0 aliphatic carbocycles. The van der Waals surface area contributed by atoms with Gasteiger partial charge >= 0.3 is 11.4 Å². The van der Waals surface area contributed by atoms with Gasteiger partial charge in [0.05, 0.1) is 5.52 Å². The predicted octanol–water partition coefficient (Wildman–Crippen LogP) is -0.390. The zero-order valence-electron chi connectivity index (χ0n) is 11.1. The molecule has 0 aliphatic rings. The van der Waals surface area contributed by atoms with Crippen molar-refractivity contribution in [3.63, 3.8) is 0 Å². The molecule has 112 valence electrons. The number of anilines is 1. The van der Waals surface area contributed by atoms with Crippen molar-refractivity contribution >= 4 is 22.7 Å². The van der Waals surface area contributed by atoms with Gasteiger partial charge in [-0.1, -0.05) is 0 Å². The summed E-state index contributed by atoms with van der Waals surface area (Å²) in [5.41, 5.74) is 0.0594. The minimum absolute atomic E-state index is 0.254. The van der Waals surface area contributed by atoms with E-state index in [1.807, 2.05) is 0 Å². The summed E-state index contributed by atoms with van der Waals surface area (Å²) in [6, 6.07) is 5.78. The second-order valence-electron chi connectivity index (χ2n) is 4.51. The molecule has 2 heterocycles. The highest BCUT2D eigenvalue weighted by molar-refractivity contribution is 5.92. The van der Waals surface area contributed by atoms with Gasteiger partial charge in [-0.2, -0.15) is 0 Å². The van der Waals surface area contributed by atoms with Crippen LogP contribution in [-0.2, 0) is 11.3 Å². The first-order valence-corrected chi connectivity index (χ1v) is 6.24. The third-order valence-electron chi connectivity index (χ3n) is 2.91. The molecule has 0 fully saturated rings. The quantitative estimate of drug-likeness (QED) is 0.606. The van der Waals surface area contributed by atoms with Crippen LogP contribution in [0.15, 0.2) is 49.3 Å². The number of nitrogens with zero attached hydrogens (tertiary/aromatic N) is 1. The van der Waals surface area contributed by atoms with E-state index >= 15 is 0 Å². The van der Waals surface area contributed by atoms with Crippen LogP contribution in [0.5, 0.6) is 0 Å². The summed E-state index contributed by atoms with van der Waals surface area (Å²) in [5, 5.41) is 2.58. The Labute approximate surface area is 121 Å². The van der Waals surface area contributed by atoms with E-state index in [1.165, 1.54) is 18.3 Å². The Morgan fingerprint density at radius 1 is 1.18 bits per heavy atom. The SMILES string of the molecule is O=C(Cn1ccc(=O)[nH]c1=O)Nc1ccc2oc(=O)[nH]c2c1. The topological polar surface area (TPSA) is 130 Å². The second kappa shape index (κ2) is 5.20. The molecule has 9 nitrogen and oxygen atoms in total. The number of carbonyl (C=O) groups excluding carboxylic acids is 1. The minimum Gasteiger partial charge on any atom is -0.408 e. The number of H-pyrrole nitrogens is 2. The monoisotopic (exact) mass is 302 g/mol. The molecular weight excluding hydrogens is 292 g/mol. The fourth-order valence-electron chi connectivity index (χ4n) is 1.95. The third-order valence-corrected chi connectivity index (χ3v) is 2.91. The number of aromatic nitrogens is 3. The van der Waals surface area contributed by atoms with Crippen LogP contribution in [0.3, 0.4) is 0 Å². The molecule has 0 aliphatic heterocycles. The average Bonchev–Trinajstić information content (AvgIpc) is 2.81. The molecule has 0 unspecified atom stereocenters. The van der Waals surface area contributed by atoms with Crippen LogP contribution in [0.2, 0.25) is 0 Å². The lowest BCUT2D eigenvalue weighted by Gasteiger charge is -2.06. The maximum Gasteiger partial charge on any atom is 0.417 e. The van der Waals surface area contributed by atoms with Crippen molar-refractivity contribution in [2.24, 2.45) is 0 Å². The fourth-order valence-corrected chi connectivity index (χ4v) is 1.95. The molecule has 3 aromatic rings. The summed E-state index contributed by atoms with van der Waals surface area (Å²) < 4.78 is 5.91. The first kappa shape index (κ1) is 13.6. The summed E-state index contributed by atoms with van der Waals surface area (Å²) in [6.45, 7) is -0.254. The average molecular weight is 302 g/mol. The van der Waals surface area contributed by atoms with Gasteiger partial charge in [0.2, 0.25) is 5.91 Å². The Bertz CT molecular complexity index is 1020. The summed E-state index contributed by atoms with van der Waals surface area (Å²) in [7, 11) is 0. The van der Waals surface area contributed by atoms with E-state index in [0.717, 1.165) is 10.6 Å². The number of hydrogen-bond acceptors (Lipinski definition) is 5. The van der Waals surface area contributed by atoms with Crippen LogP contribution in [0.1, 0.15) is 0 Å². The highest BCUT2D eigenvalue weighted by Gasteiger charge is 2.07. The molecule has 0 saturated heterocycles. The van der Waals surface area contributed by atoms with Crippen molar-refractivity contribution in [1.82, 2.24) is 14.5 Å². The molecular formula is C13H10N4O5. The number of nitrogens with one attached hydrogen (secondary N) is 3. The van der Waals surface area contributed by atoms with Crippen molar-refractivity contribution in [2.45, 2.75) is 6.54 Å². The number of hydrogen-bond donors (Lipinski definition) is 3. The lowest BCUT2D eigenvalue weighted by molar-refractivity contribution is -0.116. The van der Waals surface area contributed by atoms with Gasteiger partial charge in [-0.3, -0.25) is 24.1 Å². The molecule has 9 heteroatoms. The van der Waals surface area contributed by atoms with Crippen LogP contribution < -0.4 is 22.3 Å². The Hall–Kier alpha value is -3.36. The lowest BCUT2D eigenvalue weighted by atomic mass is 10.3. The van der Waals surface area contributed by atoms with E-state index in [4.69, 9.17) is 4.42 Å². The fraction of sp³-hybridized carbons (Fsp3) is 0.0769. The van der Waals surface area contributed by atoms with Crippen molar-refractivity contribution in [3.05, 3.63) is 61.9 Å². The normalized spacial score (nSPS) is 10.7. The highest BCUT2D eigenvalue weighted by Crippen LogP contribution is 2.15. The van der Waals surface area contributed by atoms with E-state index in [-0.39, 0.29) is 6.54 Å². The van der Waals surface area contributed by atoms with Crippen LogP contribution in [-0.4, -0.2) is 20.4 Å². The van der Waals surface area contributed by atoms with Crippen molar-refractivity contribution in [3.8, 4) is 0 Å². The predicted molar refractivity (Wildman–Crippen MR) is 76.8 cm³/mol. The van der Waals surface area contributed by atoms with Crippen LogP contribution in [0, 0.1) is 0 Å². The van der Waals surface area contributed by atoms with E-state index in [2.05, 4.69) is 15.3 Å². The number of amides is 1. The van der Waals surface area contributed by atoms with Gasteiger partial charge < -0.3 is 9.73 Å². The van der Waals surface area contributed by atoms with E-state index < -0.39 is 22.9 Å². The molecule has 3 N–H and O–H groups in total. The summed E-state index contributed by atoms with van der Waals surface area (Å²) in [5.74, 6) is -1.04. The standard InChI is InChI=1S/C13H10N4O5/c18-10-3-4-17(12(20)16-10)6-11(19)14-7-1-2-9-8(5-7)15-13(21)22-9/h1-5H,6H2,(H,14,19)(H,15,21)(H,16,18,20). The van der Waals surface area contributed by atoms with Crippen LogP contribution in [0.4, 0.5) is 5.69 Å². The van der Waals surface area contributed by atoms with Gasteiger partial charge in [-0.15, -0.1) is 0 Å². The largest absolute Gasteiger partial charge is 0.417 e. The first-order chi connectivity index (χ1) is 10.5. The number of aromatic amines is 2. The molecule has 1 amide bonds. The van der Waals surface area contributed by atoms with E-state index in [1.54, 1.807) is 6.07 Å². The molecule has 0 radical (unpaired) electrons. The molecule has 3 rings (SSSR count). The summed E-state index contributed by atoms with van der Waals surface area (Å²) >= 11 is 0. The Morgan fingerprint density at radius 3 is 2.77 bits per heavy atom. The Kier molecular flexibility index (Phi) is 3.22. The Morgan fingerprint density at radius 2 is 2.00 bits per heavy atom. The molecule has 0 spiro atoms. The lowest BCUT2D eigenvalue weighted by Crippen LogP contribution is -2.32. The number of rotatable bonds is 3. The van der Waals surface area contributed by atoms with Gasteiger partial charge in [0, 0.05) is 18.0 Å². The summed E-state index contributed by atoms with van der Waals surface area (Å²) in [6.07, 6.45) is 1.23. The number of fused-ring (bicyclic) bond motifs is 1. The van der Waals surface area contributed by atoms with Crippen LogP contribution in [0.25, 0.3) is 11.1 Å². The molecule has 0 saturated carbocycles. The number of carbonyl (C=O) groups is 1. The number of benzene rings is 1. The van der Waals surface area contributed by atoms with Gasteiger partial charge in [0.25, 0.3) is 5.56 Å². The van der Waals surface area contributed by atoms with Gasteiger partial charge in [0.1, 0.15) is 6.54 Å². The molecule has 2 aromatic heterocycles. The van der Waals surface area contributed by atoms with Crippen molar-refractivity contribution in [2.75, 3.05) is 5.32 Å². The van der Waals surface area contributed by atoms with Crippen LogP contribution >= 0.6 is 0 Å². The Balaban J connectivity index is 1.79. The first-order valence-electron chi connectivity index (χ1n) is 6.24. The zero-order valence-corrected chi connectivity index (χ0v) is 11.1.